The molecule has 3 nitrogen and oxygen atoms in total. The van der Waals surface area contributed by atoms with Crippen molar-refractivity contribution in [1.29, 1.82) is 0 Å². The number of amides is 1. The lowest BCUT2D eigenvalue weighted by Crippen LogP contribution is -2.47. The molecule has 2 aliphatic heterocycles. The van der Waals surface area contributed by atoms with Crippen LogP contribution in [0, 0.1) is 11.6 Å². The first-order valence-corrected chi connectivity index (χ1v) is 8.58. The zero-order valence-corrected chi connectivity index (χ0v) is 14.1. The Balaban J connectivity index is 1.81. The third kappa shape index (κ3) is 2.49. The van der Waals surface area contributed by atoms with Gasteiger partial charge in [-0.3, -0.25) is 4.79 Å². The first kappa shape index (κ1) is 16.1. The van der Waals surface area contributed by atoms with Crippen molar-refractivity contribution >= 4 is 11.6 Å². The first-order valence-electron chi connectivity index (χ1n) is 8.58. The summed E-state index contributed by atoms with van der Waals surface area (Å²) in [5.74, 6) is -1.10. The molecule has 1 saturated heterocycles. The van der Waals surface area contributed by atoms with E-state index in [9.17, 15) is 13.6 Å². The van der Waals surface area contributed by atoms with E-state index in [1.165, 1.54) is 12.1 Å². The molecule has 5 heteroatoms. The van der Waals surface area contributed by atoms with Crippen molar-refractivity contribution in [2.75, 3.05) is 18.4 Å². The van der Waals surface area contributed by atoms with Gasteiger partial charge in [-0.1, -0.05) is 18.2 Å². The summed E-state index contributed by atoms with van der Waals surface area (Å²) in [6, 6.07) is 11.5. The average molecular weight is 342 g/mol. The van der Waals surface area contributed by atoms with E-state index in [1.54, 1.807) is 6.92 Å². The minimum absolute atomic E-state index is 0.0315. The zero-order valence-electron chi connectivity index (χ0n) is 14.1. The number of benzene rings is 2. The van der Waals surface area contributed by atoms with Crippen LogP contribution >= 0.6 is 0 Å². The summed E-state index contributed by atoms with van der Waals surface area (Å²) in [6.45, 7) is 2.71. The van der Waals surface area contributed by atoms with Crippen LogP contribution in [-0.4, -0.2) is 23.9 Å². The third-order valence-corrected chi connectivity index (χ3v) is 5.56. The van der Waals surface area contributed by atoms with E-state index in [0.717, 1.165) is 30.3 Å². The monoisotopic (exact) mass is 342 g/mol. The van der Waals surface area contributed by atoms with Crippen molar-refractivity contribution < 1.29 is 13.6 Å². The number of nitrogens with one attached hydrogen (secondary N) is 1. The van der Waals surface area contributed by atoms with Crippen LogP contribution in [0.1, 0.15) is 36.8 Å². The summed E-state index contributed by atoms with van der Waals surface area (Å²) < 4.78 is 28.0. The summed E-state index contributed by atoms with van der Waals surface area (Å²) in [7, 11) is 0. The van der Waals surface area contributed by atoms with Gasteiger partial charge in [0.25, 0.3) is 0 Å². The molecule has 2 aliphatic rings. The Hall–Kier alpha value is -2.43. The van der Waals surface area contributed by atoms with Gasteiger partial charge in [0.1, 0.15) is 11.6 Å². The Labute approximate surface area is 145 Å². The SMILES string of the molecule is CC(=O)N1CC(c2cc(F)ccc2F)CC12CCNc1ccccc12. The number of hydrogen-bond donors (Lipinski definition) is 1. The highest BCUT2D eigenvalue weighted by Gasteiger charge is 2.50. The van der Waals surface area contributed by atoms with E-state index in [1.807, 2.05) is 29.2 Å². The number of carbonyl (C=O) groups is 1. The number of halogens is 2. The van der Waals surface area contributed by atoms with E-state index in [4.69, 9.17) is 0 Å². The minimum atomic E-state index is -0.461. The fraction of sp³-hybridized carbons (Fsp3) is 0.350. The molecule has 0 aliphatic carbocycles. The van der Waals surface area contributed by atoms with Crippen LogP contribution in [0.25, 0.3) is 0 Å². The number of rotatable bonds is 1. The van der Waals surface area contributed by atoms with Gasteiger partial charge in [0, 0.05) is 37.2 Å². The lowest BCUT2D eigenvalue weighted by atomic mass is 9.78. The number of likely N-dealkylation sites (tertiary alicyclic amines) is 1. The fourth-order valence-corrected chi connectivity index (χ4v) is 4.52. The number of carbonyl (C=O) groups excluding carboxylic acids is 1. The fourth-order valence-electron chi connectivity index (χ4n) is 4.52. The van der Waals surface area contributed by atoms with Gasteiger partial charge in [-0.15, -0.1) is 0 Å². The number of hydrogen-bond acceptors (Lipinski definition) is 2. The summed E-state index contributed by atoms with van der Waals surface area (Å²) in [5.41, 5.74) is 1.98. The summed E-state index contributed by atoms with van der Waals surface area (Å²) >= 11 is 0. The van der Waals surface area contributed by atoms with Crippen molar-refractivity contribution in [1.82, 2.24) is 4.90 Å². The highest BCUT2D eigenvalue weighted by molar-refractivity contribution is 5.76. The predicted octanol–water partition coefficient (Wildman–Crippen LogP) is 4.01. The van der Waals surface area contributed by atoms with Crippen molar-refractivity contribution in [3.8, 4) is 0 Å². The molecule has 1 N–H and O–H groups in total. The number of fused-ring (bicyclic) bond motifs is 2. The van der Waals surface area contributed by atoms with Gasteiger partial charge in [-0.25, -0.2) is 8.78 Å². The second kappa shape index (κ2) is 5.83. The Kier molecular flexibility index (Phi) is 3.74. The van der Waals surface area contributed by atoms with E-state index in [2.05, 4.69) is 5.32 Å². The maximum atomic E-state index is 14.3. The van der Waals surface area contributed by atoms with E-state index in [0.29, 0.717) is 18.5 Å². The smallest absolute Gasteiger partial charge is 0.220 e. The number of anilines is 1. The average Bonchev–Trinajstić information content (AvgIpc) is 2.98. The zero-order chi connectivity index (χ0) is 17.6. The van der Waals surface area contributed by atoms with Gasteiger partial charge in [0.2, 0.25) is 5.91 Å². The lowest BCUT2D eigenvalue weighted by Gasteiger charge is -2.43. The Morgan fingerprint density at radius 3 is 2.84 bits per heavy atom. The molecule has 0 bridgehead atoms. The van der Waals surface area contributed by atoms with Gasteiger partial charge in [-0.05, 0) is 42.7 Å². The lowest BCUT2D eigenvalue weighted by molar-refractivity contribution is -0.133. The predicted molar refractivity (Wildman–Crippen MR) is 92.3 cm³/mol. The van der Waals surface area contributed by atoms with Crippen LogP contribution in [0.3, 0.4) is 0 Å². The van der Waals surface area contributed by atoms with Crippen LogP contribution in [0.4, 0.5) is 14.5 Å². The molecular weight excluding hydrogens is 322 g/mol. The maximum absolute atomic E-state index is 14.3. The van der Waals surface area contributed by atoms with Gasteiger partial charge in [0.15, 0.2) is 0 Å². The Morgan fingerprint density at radius 2 is 2.04 bits per heavy atom. The minimum Gasteiger partial charge on any atom is -0.385 e. The van der Waals surface area contributed by atoms with Crippen LogP contribution in [0.5, 0.6) is 0 Å². The molecule has 130 valence electrons. The standard InChI is InChI=1S/C20H20F2N2O/c1-13(25)24-12-14(16-10-15(21)6-7-18(16)22)11-20(24)8-9-23-19-5-3-2-4-17(19)20/h2-7,10,14,23H,8-9,11-12H2,1H3. The van der Waals surface area contributed by atoms with E-state index >= 15 is 0 Å². The van der Waals surface area contributed by atoms with Crippen LogP contribution in [-0.2, 0) is 10.3 Å². The topological polar surface area (TPSA) is 32.3 Å². The van der Waals surface area contributed by atoms with Crippen molar-refractivity contribution in [2.24, 2.45) is 0 Å². The van der Waals surface area contributed by atoms with E-state index in [-0.39, 0.29) is 11.8 Å². The summed E-state index contributed by atoms with van der Waals surface area (Å²) in [4.78, 5) is 14.2. The molecule has 2 heterocycles. The molecule has 0 radical (unpaired) electrons. The second-order valence-corrected chi connectivity index (χ2v) is 6.95. The normalized spacial score (nSPS) is 24.9. The number of nitrogens with zero attached hydrogens (tertiary/aromatic N) is 1. The van der Waals surface area contributed by atoms with Crippen LogP contribution < -0.4 is 5.32 Å². The third-order valence-electron chi connectivity index (χ3n) is 5.56. The maximum Gasteiger partial charge on any atom is 0.220 e. The molecule has 25 heavy (non-hydrogen) atoms. The largest absolute Gasteiger partial charge is 0.385 e. The van der Waals surface area contributed by atoms with Gasteiger partial charge in [0.05, 0.1) is 5.54 Å². The van der Waals surface area contributed by atoms with E-state index < -0.39 is 17.2 Å². The molecule has 2 atom stereocenters. The van der Waals surface area contributed by atoms with Crippen molar-refractivity contribution in [3.05, 3.63) is 65.2 Å². The highest BCUT2D eigenvalue weighted by atomic mass is 19.1. The van der Waals surface area contributed by atoms with Crippen LogP contribution in [0.15, 0.2) is 42.5 Å². The molecular formula is C20H20F2N2O. The van der Waals surface area contributed by atoms with Gasteiger partial charge in [-0.2, -0.15) is 0 Å². The highest BCUT2D eigenvalue weighted by Crippen LogP contribution is 2.51. The molecule has 2 aromatic rings. The molecule has 0 saturated carbocycles. The van der Waals surface area contributed by atoms with Crippen LogP contribution in [0.2, 0.25) is 0 Å². The molecule has 2 unspecified atom stereocenters. The van der Waals surface area contributed by atoms with Crippen molar-refractivity contribution in [3.63, 3.8) is 0 Å². The first-order chi connectivity index (χ1) is 12.0. The molecule has 2 aromatic carbocycles. The second-order valence-electron chi connectivity index (χ2n) is 6.95. The molecule has 1 amide bonds. The molecule has 4 rings (SSSR count). The Morgan fingerprint density at radius 1 is 1.24 bits per heavy atom. The molecule has 1 spiro atoms. The summed E-state index contributed by atoms with van der Waals surface area (Å²) in [6.07, 6.45) is 1.36. The molecule has 0 aromatic heterocycles. The molecule has 1 fully saturated rings. The van der Waals surface area contributed by atoms with Gasteiger partial charge >= 0.3 is 0 Å². The number of para-hydroxylation sites is 1. The quantitative estimate of drug-likeness (QED) is 0.849. The Bertz CT molecular complexity index is 838. The van der Waals surface area contributed by atoms with Gasteiger partial charge < -0.3 is 10.2 Å². The van der Waals surface area contributed by atoms with Crippen molar-refractivity contribution in [2.45, 2.75) is 31.2 Å². The summed E-state index contributed by atoms with van der Waals surface area (Å²) in [5, 5.41) is 3.38.